The number of hydrogen-bond donors (Lipinski definition) is 1. The average molecular weight is 244 g/mol. The first-order valence-corrected chi connectivity index (χ1v) is 6.17. The minimum absolute atomic E-state index is 0.673. The predicted molar refractivity (Wildman–Crippen MR) is 68.4 cm³/mol. The second kappa shape index (κ2) is 4.82. The van der Waals surface area contributed by atoms with Crippen LogP contribution in [0, 0.1) is 0 Å². The summed E-state index contributed by atoms with van der Waals surface area (Å²) >= 11 is 0. The van der Waals surface area contributed by atoms with Gasteiger partial charge in [-0.05, 0) is 31.0 Å². The zero-order valence-electron chi connectivity index (χ0n) is 10.3. The number of hydrogen-bond acceptors (Lipinski definition) is 4. The molecule has 0 aromatic carbocycles. The molecular weight excluding hydrogens is 228 g/mol. The summed E-state index contributed by atoms with van der Waals surface area (Å²) in [6.45, 7) is 0.765. The lowest BCUT2D eigenvalue weighted by molar-refractivity contribution is 0.413. The first-order chi connectivity index (χ1) is 8.86. The van der Waals surface area contributed by atoms with Gasteiger partial charge in [-0.15, -0.1) is 0 Å². The van der Waals surface area contributed by atoms with Gasteiger partial charge in [-0.25, -0.2) is 0 Å². The fourth-order valence-corrected chi connectivity index (χ4v) is 1.89. The molecule has 3 rings (SSSR count). The Bertz CT molecular complexity index is 515. The zero-order valence-corrected chi connectivity index (χ0v) is 10.3. The molecule has 0 bridgehead atoms. The quantitative estimate of drug-likeness (QED) is 0.878. The molecule has 0 unspecified atom stereocenters. The minimum atomic E-state index is 0.673. The molecule has 2 aromatic rings. The largest absolute Gasteiger partial charge is 0.495 e. The van der Waals surface area contributed by atoms with Gasteiger partial charge >= 0.3 is 0 Å². The summed E-state index contributed by atoms with van der Waals surface area (Å²) in [5, 5.41) is 3.45. The van der Waals surface area contributed by atoms with E-state index in [0.29, 0.717) is 6.04 Å². The fraction of sp³-hybridized carbons (Fsp3) is 0.357. The number of ether oxygens (including phenoxy) is 1. The molecule has 1 aliphatic carbocycles. The Morgan fingerprint density at radius 3 is 2.94 bits per heavy atom. The Balaban J connectivity index is 1.78. The Kier molecular flexibility index (Phi) is 3.02. The van der Waals surface area contributed by atoms with Crippen molar-refractivity contribution in [1.82, 2.24) is 10.3 Å². The maximum atomic E-state index is 5.52. The van der Waals surface area contributed by atoms with Gasteiger partial charge in [-0.1, -0.05) is 0 Å². The van der Waals surface area contributed by atoms with Gasteiger partial charge in [-0.3, -0.25) is 4.98 Å². The van der Waals surface area contributed by atoms with Gasteiger partial charge in [0.1, 0.15) is 11.5 Å². The third-order valence-corrected chi connectivity index (χ3v) is 3.12. The molecule has 0 amide bonds. The van der Waals surface area contributed by atoms with Crippen LogP contribution in [0.25, 0.3) is 11.3 Å². The lowest BCUT2D eigenvalue weighted by Crippen LogP contribution is -2.15. The summed E-state index contributed by atoms with van der Waals surface area (Å²) in [6, 6.07) is 6.49. The topological polar surface area (TPSA) is 47.3 Å². The summed E-state index contributed by atoms with van der Waals surface area (Å²) in [6.07, 6.45) is 5.99. The lowest BCUT2D eigenvalue weighted by atomic mass is 10.1. The zero-order chi connectivity index (χ0) is 12.4. The van der Waals surface area contributed by atoms with Crippen molar-refractivity contribution in [3.63, 3.8) is 0 Å². The van der Waals surface area contributed by atoms with E-state index in [9.17, 15) is 0 Å². The molecule has 4 heteroatoms. The van der Waals surface area contributed by atoms with Crippen LogP contribution in [0.1, 0.15) is 18.6 Å². The average Bonchev–Trinajstić information content (AvgIpc) is 3.14. The molecule has 1 fully saturated rings. The third-order valence-electron chi connectivity index (χ3n) is 3.12. The van der Waals surface area contributed by atoms with Gasteiger partial charge in [-0.2, -0.15) is 0 Å². The number of pyridine rings is 1. The Morgan fingerprint density at radius 2 is 2.28 bits per heavy atom. The van der Waals surface area contributed by atoms with Crippen LogP contribution < -0.4 is 10.1 Å². The van der Waals surface area contributed by atoms with Crippen LogP contribution in [0.2, 0.25) is 0 Å². The fourth-order valence-electron chi connectivity index (χ4n) is 1.89. The van der Waals surface area contributed by atoms with Crippen molar-refractivity contribution in [2.45, 2.75) is 25.4 Å². The van der Waals surface area contributed by atoms with E-state index in [4.69, 9.17) is 9.15 Å². The molecule has 4 nitrogen and oxygen atoms in total. The van der Waals surface area contributed by atoms with E-state index in [0.717, 1.165) is 29.3 Å². The van der Waals surface area contributed by atoms with Gasteiger partial charge in [0.2, 0.25) is 0 Å². The van der Waals surface area contributed by atoms with E-state index in [1.54, 1.807) is 19.6 Å². The Labute approximate surface area is 106 Å². The minimum Gasteiger partial charge on any atom is -0.495 e. The van der Waals surface area contributed by atoms with Gasteiger partial charge in [0.05, 0.1) is 31.8 Å². The highest BCUT2D eigenvalue weighted by atomic mass is 16.5. The van der Waals surface area contributed by atoms with Gasteiger partial charge < -0.3 is 14.5 Å². The summed E-state index contributed by atoms with van der Waals surface area (Å²) < 4.78 is 10.6. The predicted octanol–water partition coefficient (Wildman–Crippen LogP) is 2.60. The highest BCUT2D eigenvalue weighted by Crippen LogP contribution is 2.26. The van der Waals surface area contributed by atoms with Crippen molar-refractivity contribution in [3.05, 3.63) is 36.4 Å². The Morgan fingerprint density at radius 1 is 1.39 bits per heavy atom. The molecule has 0 radical (unpaired) electrons. The van der Waals surface area contributed by atoms with E-state index < -0.39 is 0 Å². The summed E-state index contributed by atoms with van der Waals surface area (Å²) in [4.78, 5) is 4.38. The molecule has 1 aliphatic rings. The number of aromatic nitrogens is 1. The molecule has 0 saturated heterocycles. The van der Waals surface area contributed by atoms with Crippen LogP contribution in [0.3, 0.4) is 0 Å². The smallest absolute Gasteiger partial charge is 0.137 e. The normalized spacial score (nSPS) is 14.7. The number of methoxy groups -OCH3 is 1. The summed E-state index contributed by atoms with van der Waals surface area (Å²) in [5.41, 5.74) is 1.96. The van der Waals surface area contributed by atoms with Crippen LogP contribution >= 0.6 is 0 Å². The standard InChI is InChI=1S/C14H16N2O2/c1-17-11-4-5-13(16-8-11)12-6-7-18-14(12)9-15-10-2-3-10/h4-8,10,15H,2-3,9H2,1H3. The Hall–Kier alpha value is -1.81. The highest BCUT2D eigenvalue weighted by molar-refractivity contribution is 5.61. The molecule has 2 heterocycles. The van der Waals surface area contributed by atoms with E-state index >= 15 is 0 Å². The molecule has 2 aromatic heterocycles. The van der Waals surface area contributed by atoms with Crippen LogP contribution in [0.4, 0.5) is 0 Å². The molecule has 1 N–H and O–H groups in total. The second-order valence-electron chi connectivity index (χ2n) is 4.50. The maximum Gasteiger partial charge on any atom is 0.137 e. The molecule has 0 aliphatic heterocycles. The molecule has 94 valence electrons. The molecule has 18 heavy (non-hydrogen) atoms. The van der Waals surface area contributed by atoms with Gasteiger partial charge in [0, 0.05) is 11.6 Å². The van der Waals surface area contributed by atoms with E-state index in [1.165, 1.54) is 12.8 Å². The van der Waals surface area contributed by atoms with E-state index in [1.807, 2.05) is 18.2 Å². The molecule has 1 saturated carbocycles. The maximum absolute atomic E-state index is 5.52. The van der Waals surface area contributed by atoms with Crippen LogP contribution in [-0.2, 0) is 6.54 Å². The number of nitrogens with one attached hydrogen (secondary N) is 1. The molecular formula is C14H16N2O2. The van der Waals surface area contributed by atoms with Crippen LogP contribution in [0.15, 0.2) is 35.1 Å². The van der Waals surface area contributed by atoms with Crippen LogP contribution in [-0.4, -0.2) is 18.1 Å². The van der Waals surface area contributed by atoms with Crippen molar-refractivity contribution in [1.29, 1.82) is 0 Å². The first kappa shape index (κ1) is 11.3. The third kappa shape index (κ3) is 2.38. The van der Waals surface area contributed by atoms with Crippen LogP contribution in [0.5, 0.6) is 5.75 Å². The van der Waals surface area contributed by atoms with Crippen molar-refractivity contribution in [2.75, 3.05) is 7.11 Å². The molecule has 0 atom stereocenters. The number of rotatable bonds is 5. The van der Waals surface area contributed by atoms with Crippen molar-refractivity contribution >= 4 is 0 Å². The highest BCUT2D eigenvalue weighted by Gasteiger charge is 2.21. The molecule has 0 spiro atoms. The summed E-state index contributed by atoms with van der Waals surface area (Å²) in [7, 11) is 1.64. The first-order valence-electron chi connectivity index (χ1n) is 6.17. The summed E-state index contributed by atoms with van der Waals surface area (Å²) in [5.74, 6) is 1.71. The SMILES string of the molecule is COc1ccc(-c2ccoc2CNC2CC2)nc1. The number of nitrogens with zero attached hydrogens (tertiary/aromatic N) is 1. The van der Waals surface area contributed by atoms with E-state index in [-0.39, 0.29) is 0 Å². The van der Waals surface area contributed by atoms with Gasteiger partial charge in [0.15, 0.2) is 0 Å². The monoisotopic (exact) mass is 244 g/mol. The lowest BCUT2D eigenvalue weighted by Gasteiger charge is -2.04. The number of furan rings is 1. The van der Waals surface area contributed by atoms with Crippen molar-refractivity contribution in [2.24, 2.45) is 0 Å². The van der Waals surface area contributed by atoms with Crippen molar-refractivity contribution < 1.29 is 9.15 Å². The van der Waals surface area contributed by atoms with E-state index in [2.05, 4.69) is 10.3 Å². The van der Waals surface area contributed by atoms with Crippen molar-refractivity contribution in [3.8, 4) is 17.0 Å². The van der Waals surface area contributed by atoms with Gasteiger partial charge in [0.25, 0.3) is 0 Å². The second-order valence-corrected chi connectivity index (χ2v) is 4.50.